The normalized spacial score (nSPS) is 15.5. The molecule has 4 rings (SSSR count). The van der Waals surface area contributed by atoms with E-state index in [-0.39, 0.29) is 5.91 Å². The van der Waals surface area contributed by atoms with E-state index in [2.05, 4.69) is 15.2 Å². The molecule has 1 amide bonds. The Morgan fingerprint density at radius 2 is 1.86 bits per heavy atom. The maximum Gasteiger partial charge on any atom is 0.247 e. The molecule has 0 saturated carbocycles. The quantitative estimate of drug-likeness (QED) is 0.629. The van der Waals surface area contributed by atoms with Crippen LogP contribution in [0.4, 0.5) is 5.69 Å². The molecule has 7 heteroatoms. The summed E-state index contributed by atoms with van der Waals surface area (Å²) in [4.78, 5) is 18.7. The minimum atomic E-state index is -0.661. The van der Waals surface area contributed by atoms with Gasteiger partial charge in [0.15, 0.2) is 11.9 Å². The Morgan fingerprint density at radius 3 is 2.61 bits per heavy atom. The van der Waals surface area contributed by atoms with Crippen LogP contribution in [-0.4, -0.2) is 33.6 Å². The lowest BCUT2D eigenvalue weighted by molar-refractivity contribution is -0.117. The second-order valence-electron chi connectivity index (χ2n) is 6.14. The van der Waals surface area contributed by atoms with Crippen LogP contribution in [0.5, 0.6) is 5.88 Å². The molecule has 1 aromatic heterocycles. The summed E-state index contributed by atoms with van der Waals surface area (Å²) in [6, 6.07) is 17.4. The molecule has 0 saturated heterocycles. The van der Waals surface area contributed by atoms with Gasteiger partial charge in [-0.3, -0.25) is 9.69 Å². The number of hydrogen-bond donors (Lipinski definition) is 0. The highest BCUT2D eigenvalue weighted by Gasteiger charge is 2.31. The summed E-state index contributed by atoms with van der Waals surface area (Å²) < 4.78 is 6.17. The molecule has 3 aromatic rings. The lowest BCUT2D eigenvalue weighted by Gasteiger charge is -2.27. The number of carbonyl (C=O) groups excluding carboxylic acids is 1. The number of rotatable bonds is 3. The maximum absolute atomic E-state index is 12.6. The van der Waals surface area contributed by atoms with Crippen LogP contribution >= 0.6 is 11.8 Å². The molecule has 0 radical (unpaired) electrons. The number of fused-ring (bicyclic) bond motifs is 3. The van der Waals surface area contributed by atoms with Gasteiger partial charge in [0.2, 0.25) is 16.9 Å². The largest absolute Gasteiger partial charge is 0.448 e. The van der Waals surface area contributed by atoms with E-state index in [9.17, 15) is 4.79 Å². The van der Waals surface area contributed by atoms with Gasteiger partial charge >= 0.3 is 0 Å². The van der Waals surface area contributed by atoms with Crippen molar-refractivity contribution in [2.45, 2.75) is 18.3 Å². The third kappa shape index (κ3) is 3.48. The Labute approximate surface area is 167 Å². The Hall–Kier alpha value is -3.19. The van der Waals surface area contributed by atoms with E-state index < -0.39 is 6.23 Å². The van der Waals surface area contributed by atoms with Gasteiger partial charge in [-0.2, -0.15) is 4.98 Å². The molecular formula is C21H18N4O2S. The van der Waals surface area contributed by atoms with Gasteiger partial charge in [0.25, 0.3) is 0 Å². The molecule has 1 aliphatic rings. The van der Waals surface area contributed by atoms with Crippen molar-refractivity contribution in [2.24, 2.45) is 0 Å². The van der Waals surface area contributed by atoms with Gasteiger partial charge in [-0.25, -0.2) is 0 Å². The van der Waals surface area contributed by atoms with Gasteiger partial charge in [0, 0.05) is 12.5 Å². The number of carbonyl (C=O) groups is 1. The molecule has 0 fully saturated rings. The fourth-order valence-corrected chi connectivity index (χ4v) is 3.35. The van der Waals surface area contributed by atoms with Gasteiger partial charge in [-0.05, 0) is 24.0 Å². The van der Waals surface area contributed by atoms with Crippen molar-refractivity contribution in [3.8, 4) is 17.1 Å². The average Bonchev–Trinajstić information content (AvgIpc) is 2.86. The molecule has 0 bridgehead atoms. The summed E-state index contributed by atoms with van der Waals surface area (Å²) in [5, 5.41) is 8.97. The number of aromatic nitrogens is 3. The second kappa shape index (κ2) is 7.82. The van der Waals surface area contributed by atoms with Crippen molar-refractivity contribution >= 4 is 29.4 Å². The Morgan fingerprint density at radius 1 is 1.11 bits per heavy atom. The molecule has 28 heavy (non-hydrogen) atoms. The fourth-order valence-electron chi connectivity index (χ4n) is 3.06. The molecule has 1 atom stereocenters. The minimum absolute atomic E-state index is 0.138. The first-order valence-electron chi connectivity index (χ1n) is 8.75. The monoisotopic (exact) mass is 390 g/mol. The molecule has 2 heterocycles. The van der Waals surface area contributed by atoms with E-state index >= 15 is 0 Å². The summed E-state index contributed by atoms with van der Waals surface area (Å²) in [5.41, 5.74) is 3.01. The van der Waals surface area contributed by atoms with Crippen molar-refractivity contribution in [1.82, 2.24) is 15.2 Å². The zero-order valence-electron chi connectivity index (χ0n) is 15.4. The third-order valence-corrected chi connectivity index (χ3v) is 4.85. The number of thioether (sulfide) groups is 1. The topological polar surface area (TPSA) is 68.2 Å². The Bertz CT molecular complexity index is 1040. The van der Waals surface area contributed by atoms with Crippen molar-refractivity contribution in [2.75, 3.05) is 11.2 Å². The molecule has 140 valence electrons. The maximum atomic E-state index is 12.6. The van der Waals surface area contributed by atoms with Crippen LogP contribution in [0.3, 0.4) is 0 Å². The Kier molecular flexibility index (Phi) is 5.08. The molecule has 6 nitrogen and oxygen atoms in total. The number of ether oxygens (including phenoxy) is 1. The summed E-state index contributed by atoms with van der Waals surface area (Å²) in [5.74, 6) is 0.222. The van der Waals surface area contributed by atoms with E-state index in [1.165, 1.54) is 18.7 Å². The van der Waals surface area contributed by atoms with E-state index in [1.54, 1.807) is 4.90 Å². The second-order valence-corrected chi connectivity index (χ2v) is 6.91. The van der Waals surface area contributed by atoms with Gasteiger partial charge in [-0.1, -0.05) is 66.4 Å². The Balaban J connectivity index is 1.86. The predicted molar refractivity (Wildman–Crippen MR) is 110 cm³/mol. The van der Waals surface area contributed by atoms with Crippen molar-refractivity contribution in [3.05, 3.63) is 66.2 Å². The van der Waals surface area contributed by atoms with Crippen LogP contribution < -0.4 is 9.64 Å². The summed E-state index contributed by atoms with van der Waals surface area (Å²) in [6.45, 7) is 1.52. The van der Waals surface area contributed by atoms with Crippen LogP contribution in [0.1, 0.15) is 12.5 Å². The first kappa shape index (κ1) is 18.2. The zero-order valence-corrected chi connectivity index (χ0v) is 16.3. The number of benzene rings is 2. The lowest BCUT2D eigenvalue weighted by Crippen LogP contribution is -2.41. The smallest absolute Gasteiger partial charge is 0.247 e. The third-order valence-electron chi connectivity index (χ3n) is 4.32. The molecule has 0 N–H and O–H groups in total. The molecule has 2 aromatic carbocycles. The van der Waals surface area contributed by atoms with E-state index in [0.717, 1.165) is 11.1 Å². The van der Waals surface area contributed by atoms with Crippen LogP contribution in [0, 0.1) is 0 Å². The first-order chi connectivity index (χ1) is 13.7. The van der Waals surface area contributed by atoms with Crippen molar-refractivity contribution in [1.29, 1.82) is 0 Å². The number of anilines is 1. The van der Waals surface area contributed by atoms with Crippen LogP contribution in [-0.2, 0) is 4.79 Å². The van der Waals surface area contributed by atoms with E-state index in [4.69, 9.17) is 4.74 Å². The van der Waals surface area contributed by atoms with Crippen LogP contribution in [0.25, 0.3) is 17.3 Å². The standard InChI is InChI=1S/C21H18N4O2S/c1-14(26)25-17-11-7-6-10-16(17)19-20(22-21(28-2)24-23-19)27-18(25)13-12-15-8-4-3-5-9-15/h3-13,18H,1-2H3. The SMILES string of the molecule is CSc1nnc2c(n1)OC(C=Cc1ccccc1)N(C(C)=O)c1ccccc1-2. The van der Waals surface area contributed by atoms with Gasteiger partial charge in [0.1, 0.15) is 0 Å². The number of para-hydroxylation sites is 1. The molecular weight excluding hydrogens is 372 g/mol. The summed E-state index contributed by atoms with van der Waals surface area (Å²) in [7, 11) is 0. The number of nitrogens with zero attached hydrogens (tertiary/aromatic N) is 4. The van der Waals surface area contributed by atoms with Crippen LogP contribution in [0.2, 0.25) is 0 Å². The van der Waals surface area contributed by atoms with Gasteiger partial charge in [-0.15, -0.1) is 10.2 Å². The number of hydrogen-bond acceptors (Lipinski definition) is 6. The van der Waals surface area contributed by atoms with Gasteiger partial charge < -0.3 is 4.74 Å². The fraction of sp³-hybridized carbons (Fsp3) is 0.143. The highest BCUT2D eigenvalue weighted by atomic mass is 32.2. The molecule has 1 unspecified atom stereocenters. The zero-order chi connectivity index (χ0) is 19.5. The minimum Gasteiger partial charge on any atom is -0.448 e. The molecule has 0 spiro atoms. The summed E-state index contributed by atoms with van der Waals surface area (Å²) in [6.07, 6.45) is 5.00. The van der Waals surface area contributed by atoms with Crippen molar-refractivity contribution in [3.63, 3.8) is 0 Å². The van der Waals surface area contributed by atoms with Gasteiger partial charge in [0.05, 0.1) is 5.69 Å². The average molecular weight is 390 g/mol. The highest BCUT2D eigenvalue weighted by Crippen LogP contribution is 2.39. The van der Waals surface area contributed by atoms with Crippen molar-refractivity contribution < 1.29 is 9.53 Å². The number of amides is 1. The highest BCUT2D eigenvalue weighted by molar-refractivity contribution is 7.98. The molecule has 1 aliphatic heterocycles. The van der Waals surface area contributed by atoms with E-state index in [1.807, 2.05) is 73.0 Å². The predicted octanol–water partition coefficient (Wildman–Crippen LogP) is 4.05. The van der Waals surface area contributed by atoms with E-state index in [0.29, 0.717) is 22.4 Å². The molecule has 0 aliphatic carbocycles. The first-order valence-corrected chi connectivity index (χ1v) is 9.97. The summed E-state index contributed by atoms with van der Waals surface area (Å²) >= 11 is 1.38. The lowest BCUT2D eigenvalue weighted by atomic mass is 10.1. The van der Waals surface area contributed by atoms with Crippen LogP contribution in [0.15, 0.2) is 65.8 Å².